The molecule has 4 heteroatoms. The smallest absolute Gasteiger partial charge is 0.159 e. The first-order chi connectivity index (χ1) is 53.6. The SMILES string of the molecule is c1ccc(-c2cccc3c2oc2c(N(c4ccccc4)c4ccc5ccc6c(N(c7ccccc7)c7cccc8c7oc7c(-c9ccccc9)cccc78)ccc7ccc4c5c76)cccc23)cc1.c1ccc2cc(-c3ccc(-c4c5ccccc5c(-c5cccc6ccccc56)c5ccccc45)cc3)ccc2c1. The zero-order valence-electron chi connectivity index (χ0n) is 58.8. The number of hydrogen-bond acceptors (Lipinski definition) is 4. The van der Waals surface area contributed by atoms with E-state index in [1.165, 1.54) is 98.0 Å². The summed E-state index contributed by atoms with van der Waals surface area (Å²) in [5.74, 6) is 0. The summed E-state index contributed by atoms with van der Waals surface area (Å²) < 4.78 is 14.1. The Morgan fingerprint density at radius 3 is 1.03 bits per heavy atom. The minimum absolute atomic E-state index is 0.844. The Kier molecular flexibility index (Phi) is 14.9. The third kappa shape index (κ3) is 10.3. The van der Waals surface area contributed by atoms with Crippen LogP contribution in [-0.4, -0.2) is 0 Å². The second kappa shape index (κ2) is 25.8. The van der Waals surface area contributed by atoms with Gasteiger partial charge in [-0.05, 0) is 164 Å². The summed E-state index contributed by atoms with van der Waals surface area (Å²) in [4.78, 5) is 4.75. The first kappa shape index (κ1) is 62.3. The Morgan fingerprint density at radius 1 is 0.167 bits per heavy atom. The molecule has 0 aliphatic carbocycles. The Bertz CT molecular complexity index is 6890. The number of anilines is 6. The molecule has 0 atom stereocenters. The van der Waals surface area contributed by atoms with Crippen molar-refractivity contribution < 1.29 is 8.83 Å². The highest BCUT2D eigenvalue weighted by atomic mass is 16.3. The molecule has 20 aromatic carbocycles. The molecule has 0 aliphatic rings. The van der Waals surface area contributed by atoms with Crippen LogP contribution in [0.4, 0.5) is 34.1 Å². The lowest BCUT2D eigenvalue weighted by Crippen LogP contribution is -2.11. The van der Waals surface area contributed by atoms with E-state index in [-0.39, 0.29) is 0 Å². The number of para-hydroxylation sites is 6. The van der Waals surface area contributed by atoms with E-state index in [9.17, 15) is 0 Å². The highest BCUT2D eigenvalue weighted by Crippen LogP contribution is 2.53. The van der Waals surface area contributed by atoms with Gasteiger partial charge in [0.1, 0.15) is 11.2 Å². The molecule has 0 radical (unpaired) electrons. The van der Waals surface area contributed by atoms with E-state index in [1.54, 1.807) is 0 Å². The quantitative estimate of drug-likeness (QED) is 0.0954. The first-order valence-corrected chi connectivity index (χ1v) is 37.0. The maximum Gasteiger partial charge on any atom is 0.159 e. The van der Waals surface area contributed by atoms with E-state index in [1.807, 2.05) is 0 Å². The van der Waals surface area contributed by atoms with Gasteiger partial charge in [0.15, 0.2) is 11.2 Å². The standard InChI is InChI=1S/C64H40N2O2.C40H26/c1-5-17-41(18-6-1)47-25-13-27-49-51-29-15-31-57(63(51)67-61(47)49)65(45-21-9-3-10-22-45)55-39-35-43-34-38-54-56(40-36-44-33-37-53(55)59(43)60(44)54)66(46-23-11-4-12-24-46)58-32-16-30-52-50-28-14-26-48(62(50)68-64(52)58)42-19-7-2-8-20-42;1-2-12-31-26-32(25-22-27(31)10-1)28-20-23-30(24-21-28)39-35-15-5-7-17-37(35)40(38-18-8-6-16-36(38)39)34-19-9-13-29-11-3-4-14-33(29)34/h1-40H;1-26H. The third-order valence-corrected chi connectivity index (χ3v) is 22.0. The van der Waals surface area contributed by atoms with Crippen LogP contribution in [0.25, 0.3) is 175 Å². The number of hydrogen-bond donors (Lipinski definition) is 0. The van der Waals surface area contributed by atoms with Gasteiger partial charge >= 0.3 is 0 Å². The van der Waals surface area contributed by atoms with Gasteiger partial charge in [-0.25, -0.2) is 0 Å². The van der Waals surface area contributed by atoms with Gasteiger partial charge in [-0.1, -0.05) is 346 Å². The van der Waals surface area contributed by atoms with Gasteiger partial charge in [-0.15, -0.1) is 0 Å². The summed E-state index contributed by atoms with van der Waals surface area (Å²) in [7, 11) is 0. The second-order valence-corrected chi connectivity index (χ2v) is 28.0. The van der Waals surface area contributed by atoms with Crippen molar-refractivity contribution in [2.24, 2.45) is 0 Å². The van der Waals surface area contributed by atoms with Gasteiger partial charge in [-0.2, -0.15) is 0 Å². The van der Waals surface area contributed by atoms with Crippen LogP contribution in [-0.2, 0) is 0 Å². The fourth-order valence-corrected chi connectivity index (χ4v) is 17.2. The van der Waals surface area contributed by atoms with Gasteiger partial charge in [-0.3, -0.25) is 0 Å². The second-order valence-electron chi connectivity index (χ2n) is 28.0. The van der Waals surface area contributed by atoms with E-state index in [0.717, 1.165) is 111 Å². The summed E-state index contributed by atoms with van der Waals surface area (Å²) in [6, 6.07) is 144. The van der Waals surface area contributed by atoms with Crippen molar-refractivity contribution >= 4 is 153 Å². The van der Waals surface area contributed by atoms with Crippen LogP contribution < -0.4 is 9.80 Å². The molecule has 2 aromatic heterocycles. The fourth-order valence-electron chi connectivity index (χ4n) is 17.2. The van der Waals surface area contributed by atoms with Crippen molar-refractivity contribution in [3.63, 3.8) is 0 Å². The summed E-state index contributed by atoms with van der Waals surface area (Å²) in [6.45, 7) is 0. The monoisotopic (exact) mass is 1370 g/mol. The summed E-state index contributed by atoms with van der Waals surface area (Å²) in [6.07, 6.45) is 0. The van der Waals surface area contributed by atoms with Crippen molar-refractivity contribution in [3.05, 3.63) is 400 Å². The molecule has 0 unspecified atom stereocenters. The average molecular weight is 1380 g/mol. The highest BCUT2D eigenvalue weighted by Gasteiger charge is 2.27. The molecule has 22 rings (SSSR count). The molecule has 0 spiro atoms. The van der Waals surface area contributed by atoms with Crippen LogP contribution in [0.5, 0.6) is 0 Å². The molecule has 0 aliphatic heterocycles. The lowest BCUT2D eigenvalue weighted by atomic mass is 9.84. The van der Waals surface area contributed by atoms with Gasteiger partial charge in [0.05, 0.1) is 22.7 Å². The molecule has 0 N–H and O–H groups in total. The summed E-state index contributed by atoms with van der Waals surface area (Å²) in [5, 5.41) is 21.7. The van der Waals surface area contributed by atoms with Crippen molar-refractivity contribution in [3.8, 4) is 55.6 Å². The van der Waals surface area contributed by atoms with Crippen molar-refractivity contribution in [1.82, 2.24) is 0 Å². The summed E-state index contributed by atoms with van der Waals surface area (Å²) in [5.41, 5.74) is 21.6. The zero-order chi connectivity index (χ0) is 71.2. The van der Waals surface area contributed by atoms with Gasteiger partial charge in [0.2, 0.25) is 0 Å². The fraction of sp³-hybridized carbons (Fsp3) is 0. The lowest BCUT2D eigenvalue weighted by molar-refractivity contribution is 0.670. The van der Waals surface area contributed by atoms with Crippen LogP contribution >= 0.6 is 0 Å². The van der Waals surface area contributed by atoms with E-state index >= 15 is 0 Å². The molecule has 22 aromatic rings. The lowest BCUT2D eigenvalue weighted by Gasteiger charge is -2.29. The van der Waals surface area contributed by atoms with Gasteiger partial charge in [0.25, 0.3) is 0 Å². The molecule has 108 heavy (non-hydrogen) atoms. The average Bonchev–Trinajstić information content (AvgIpc) is 1.64. The van der Waals surface area contributed by atoms with E-state index in [2.05, 4.69) is 410 Å². The van der Waals surface area contributed by atoms with Crippen LogP contribution in [0.15, 0.2) is 409 Å². The van der Waals surface area contributed by atoms with Crippen LogP contribution in [0.3, 0.4) is 0 Å². The predicted octanol–water partition coefficient (Wildman–Crippen LogP) is 30.0. The molecule has 0 bridgehead atoms. The number of rotatable bonds is 11. The Hall–Kier alpha value is -14.3. The molecule has 0 amide bonds. The molecule has 504 valence electrons. The number of nitrogens with zero attached hydrogens (tertiary/aromatic N) is 2. The minimum atomic E-state index is 0.844. The van der Waals surface area contributed by atoms with Crippen molar-refractivity contribution in [1.29, 1.82) is 0 Å². The summed E-state index contributed by atoms with van der Waals surface area (Å²) >= 11 is 0. The van der Waals surface area contributed by atoms with Crippen molar-refractivity contribution in [2.75, 3.05) is 9.80 Å². The topological polar surface area (TPSA) is 32.8 Å². The molecular formula is C104H66N2O2. The Morgan fingerprint density at radius 2 is 0.519 bits per heavy atom. The minimum Gasteiger partial charge on any atom is -0.453 e. The van der Waals surface area contributed by atoms with Crippen LogP contribution in [0.2, 0.25) is 0 Å². The third-order valence-electron chi connectivity index (χ3n) is 22.0. The molecule has 4 nitrogen and oxygen atoms in total. The Labute approximate surface area is 624 Å². The van der Waals surface area contributed by atoms with Crippen LogP contribution in [0, 0.1) is 0 Å². The zero-order valence-corrected chi connectivity index (χ0v) is 58.8. The van der Waals surface area contributed by atoms with Gasteiger partial charge < -0.3 is 18.6 Å². The maximum absolute atomic E-state index is 7.07. The number of benzene rings is 20. The highest BCUT2D eigenvalue weighted by molar-refractivity contribution is 6.29. The van der Waals surface area contributed by atoms with Crippen LogP contribution in [0.1, 0.15) is 0 Å². The first-order valence-electron chi connectivity index (χ1n) is 37.0. The van der Waals surface area contributed by atoms with E-state index < -0.39 is 0 Å². The maximum atomic E-state index is 7.07. The molecule has 0 fully saturated rings. The van der Waals surface area contributed by atoms with E-state index in [4.69, 9.17) is 8.83 Å². The van der Waals surface area contributed by atoms with Gasteiger partial charge in [0, 0.05) is 54.8 Å². The molecule has 0 saturated carbocycles. The molecule has 2 heterocycles. The number of fused-ring (bicyclic) bond motifs is 10. The normalized spacial score (nSPS) is 11.7. The Balaban J connectivity index is 0.000000158. The van der Waals surface area contributed by atoms with Crippen molar-refractivity contribution in [2.45, 2.75) is 0 Å². The van der Waals surface area contributed by atoms with E-state index in [0.29, 0.717) is 0 Å². The predicted molar refractivity (Wildman–Crippen MR) is 458 cm³/mol. The molecule has 0 saturated heterocycles. The number of furan rings is 2. The molecular weight excluding hydrogens is 1310 g/mol. The largest absolute Gasteiger partial charge is 0.453 e.